The van der Waals surface area contributed by atoms with Gasteiger partial charge in [0, 0.05) is 24.7 Å². The van der Waals surface area contributed by atoms with Gasteiger partial charge in [-0.3, -0.25) is 9.69 Å². The van der Waals surface area contributed by atoms with Gasteiger partial charge in [0.1, 0.15) is 6.04 Å². The fourth-order valence-electron chi connectivity index (χ4n) is 2.46. The van der Waals surface area contributed by atoms with Crippen LogP contribution in [-0.2, 0) is 16.1 Å². The molecule has 2 N–H and O–H groups in total. The number of furan rings is 1. The molecule has 1 aliphatic heterocycles. The molecule has 3 rings (SSSR count). The number of nitrogens with zero attached hydrogens (tertiary/aromatic N) is 1. The quantitative estimate of drug-likeness (QED) is 0.819. The maximum absolute atomic E-state index is 12.2. The molecular formula is C14H18N2O5. The number of hydrogen-bond donors (Lipinski definition) is 2. The van der Waals surface area contributed by atoms with Crippen LogP contribution in [0.4, 0.5) is 0 Å². The van der Waals surface area contributed by atoms with Crippen LogP contribution >= 0.6 is 0 Å². The molecule has 1 atom stereocenters. The van der Waals surface area contributed by atoms with Crippen LogP contribution in [0.25, 0.3) is 0 Å². The van der Waals surface area contributed by atoms with Crippen LogP contribution in [0.15, 0.2) is 16.7 Å². The van der Waals surface area contributed by atoms with Crippen molar-refractivity contribution in [2.24, 2.45) is 0 Å². The van der Waals surface area contributed by atoms with Crippen molar-refractivity contribution in [2.75, 3.05) is 19.8 Å². The van der Waals surface area contributed by atoms with E-state index in [-0.39, 0.29) is 17.7 Å². The van der Waals surface area contributed by atoms with Crippen molar-refractivity contribution in [1.82, 2.24) is 10.2 Å². The van der Waals surface area contributed by atoms with Crippen molar-refractivity contribution in [3.8, 4) is 0 Å². The lowest BCUT2D eigenvalue weighted by Crippen LogP contribution is -2.53. The molecule has 2 aliphatic rings. The number of rotatable bonds is 5. The molecule has 21 heavy (non-hydrogen) atoms. The fourth-order valence-corrected chi connectivity index (χ4v) is 2.46. The van der Waals surface area contributed by atoms with Crippen LogP contribution in [0.5, 0.6) is 0 Å². The van der Waals surface area contributed by atoms with E-state index >= 15 is 0 Å². The monoisotopic (exact) mass is 294 g/mol. The van der Waals surface area contributed by atoms with E-state index in [1.165, 1.54) is 6.26 Å². The van der Waals surface area contributed by atoms with Crippen LogP contribution in [0, 0.1) is 0 Å². The SMILES string of the molecule is O=C(O)c1occc1CN1CCOCC1C(=O)NC1CC1. The van der Waals surface area contributed by atoms with Gasteiger partial charge in [0.05, 0.1) is 19.5 Å². The Hall–Kier alpha value is -1.86. The third-order valence-corrected chi connectivity index (χ3v) is 3.78. The van der Waals surface area contributed by atoms with Gasteiger partial charge in [0.25, 0.3) is 0 Å². The maximum atomic E-state index is 12.2. The van der Waals surface area contributed by atoms with E-state index in [4.69, 9.17) is 14.3 Å². The molecule has 1 aromatic heterocycles. The van der Waals surface area contributed by atoms with E-state index in [2.05, 4.69) is 5.32 Å². The number of morpholine rings is 1. The molecule has 0 aromatic carbocycles. The summed E-state index contributed by atoms with van der Waals surface area (Å²) < 4.78 is 10.4. The first kappa shape index (κ1) is 14.1. The lowest BCUT2D eigenvalue weighted by molar-refractivity contribution is -0.133. The lowest BCUT2D eigenvalue weighted by Gasteiger charge is -2.34. The second-order valence-corrected chi connectivity index (χ2v) is 5.42. The Morgan fingerprint density at radius 3 is 2.95 bits per heavy atom. The van der Waals surface area contributed by atoms with Gasteiger partial charge in [-0.05, 0) is 18.9 Å². The first-order valence-corrected chi connectivity index (χ1v) is 7.07. The molecular weight excluding hydrogens is 276 g/mol. The number of carboxylic acids is 1. The number of carbonyl (C=O) groups is 2. The highest BCUT2D eigenvalue weighted by Gasteiger charge is 2.33. The molecule has 1 aromatic rings. The molecule has 1 amide bonds. The molecule has 1 saturated carbocycles. The van der Waals surface area contributed by atoms with Gasteiger partial charge in [-0.15, -0.1) is 0 Å². The Kier molecular flexibility index (Phi) is 3.94. The number of carboxylic acid groups (broad SMARTS) is 1. The van der Waals surface area contributed by atoms with Crippen LogP contribution in [-0.4, -0.2) is 53.7 Å². The van der Waals surface area contributed by atoms with E-state index in [1.807, 2.05) is 4.90 Å². The smallest absolute Gasteiger partial charge is 0.372 e. The van der Waals surface area contributed by atoms with Crippen LogP contribution in [0.1, 0.15) is 29.0 Å². The van der Waals surface area contributed by atoms with Crippen molar-refractivity contribution in [2.45, 2.75) is 31.5 Å². The average Bonchev–Trinajstić information content (AvgIpc) is 3.14. The highest BCUT2D eigenvalue weighted by atomic mass is 16.5. The van der Waals surface area contributed by atoms with Crippen LogP contribution in [0.3, 0.4) is 0 Å². The number of amides is 1. The molecule has 2 heterocycles. The van der Waals surface area contributed by atoms with Crippen molar-refractivity contribution in [3.05, 3.63) is 23.7 Å². The summed E-state index contributed by atoms with van der Waals surface area (Å²) in [5.41, 5.74) is 0.577. The summed E-state index contributed by atoms with van der Waals surface area (Å²) in [4.78, 5) is 25.3. The number of hydrogen-bond acceptors (Lipinski definition) is 5. The highest BCUT2D eigenvalue weighted by molar-refractivity contribution is 5.86. The molecule has 7 heteroatoms. The summed E-state index contributed by atoms with van der Waals surface area (Å²) in [6.45, 7) is 1.82. The second kappa shape index (κ2) is 5.87. The van der Waals surface area contributed by atoms with E-state index in [9.17, 15) is 9.59 Å². The van der Waals surface area contributed by atoms with Crippen molar-refractivity contribution in [3.63, 3.8) is 0 Å². The normalized spacial score (nSPS) is 23.0. The van der Waals surface area contributed by atoms with Crippen molar-refractivity contribution < 1.29 is 23.8 Å². The van der Waals surface area contributed by atoms with E-state index in [1.54, 1.807) is 6.07 Å². The average molecular weight is 294 g/mol. The van der Waals surface area contributed by atoms with Gasteiger partial charge in [0.15, 0.2) is 0 Å². The Morgan fingerprint density at radius 1 is 1.43 bits per heavy atom. The first-order valence-electron chi connectivity index (χ1n) is 7.07. The summed E-state index contributed by atoms with van der Waals surface area (Å²) in [7, 11) is 0. The molecule has 1 aliphatic carbocycles. The summed E-state index contributed by atoms with van der Waals surface area (Å²) in [6.07, 6.45) is 3.42. The summed E-state index contributed by atoms with van der Waals surface area (Å²) in [5, 5.41) is 12.0. The molecule has 0 bridgehead atoms. The Bertz CT molecular complexity index is 537. The third-order valence-electron chi connectivity index (χ3n) is 3.78. The van der Waals surface area contributed by atoms with Gasteiger partial charge in [-0.25, -0.2) is 4.79 Å². The number of carbonyl (C=O) groups excluding carboxylic acids is 1. The summed E-state index contributed by atoms with van der Waals surface area (Å²) >= 11 is 0. The van der Waals surface area contributed by atoms with Gasteiger partial charge in [0.2, 0.25) is 11.7 Å². The molecule has 114 valence electrons. The van der Waals surface area contributed by atoms with Gasteiger partial charge < -0.3 is 19.6 Å². The number of nitrogens with one attached hydrogen (secondary N) is 1. The van der Waals surface area contributed by atoms with Gasteiger partial charge >= 0.3 is 5.97 Å². The predicted octanol–water partition coefficient (Wildman–Crippen LogP) is 0.457. The Morgan fingerprint density at radius 2 is 2.24 bits per heavy atom. The zero-order valence-electron chi connectivity index (χ0n) is 11.6. The minimum atomic E-state index is -1.10. The van der Waals surface area contributed by atoms with Crippen LogP contribution in [0.2, 0.25) is 0 Å². The Labute approximate surface area is 121 Å². The summed E-state index contributed by atoms with van der Waals surface area (Å²) in [5.74, 6) is -1.21. The minimum Gasteiger partial charge on any atom is -0.475 e. The zero-order valence-corrected chi connectivity index (χ0v) is 11.6. The topological polar surface area (TPSA) is 92.0 Å². The highest BCUT2D eigenvalue weighted by Crippen LogP contribution is 2.21. The van der Waals surface area contributed by atoms with Gasteiger partial charge in [-0.2, -0.15) is 0 Å². The zero-order chi connectivity index (χ0) is 14.8. The van der Waals surface area contributed by atoms with Crippen molar-refractivity contribution >= 4 is 11.9 Å². The number of aromatic carboxylic acids is 1. The lowest BCUT2D eigenvalue weighted by atomic mass is 10.1. The van der Waals surface area contributed by atoms with Crippen molar-refractivity contribution in [1.29, 1.82) is 0 Å². The molecule has 1 unspecified atom stereocenters. The van der Waals surface area contributed by atoms with Crippen LogP contribution < -0.4 is 5.32 Å². The molecule has 0 spiro atoms. The molecule has 7 nitrogen and oxygen atoms in total. The van der Waals surface area contributed by atoms with E-state index < -0.39 is 5.97 Å². The van der Waals surface area contributed by atoms with E-state index in [0.717, 1.165) is 12.8 Å². The summed E-state index contributed by atoms with van der Waals surface area (Å²) in [6, 6.07) is 1.55. The van der Waals surface area contributed by atoms with Gasteiger partial charge in [-0.1, -0.05) is 0 Å². The number of ether oxygens (including phenoxy) is 1. The molecule has 2 fully saturated rings. The first-order chi connectivity index (χ1) is 10.1. The fraction of sp³-hybridized carbons (Fsp3) is 0.571. The minimum absolute atomic E-state index is 0.0439. The molecule has 1 saturated heterocycles. The Balaban J connectivity index is 1.69. The van der Waals surface area contributed by atoms with E-state index in [0.29, 0.717) is 37.9 Å². The predicted molar refractivity (Wildman–Crippen MR) is 71.8 cm³/mol. The molecule has 0 radical (unpaired) electrons. The maximum Gasteiger partial charge on any atom is 0.372 e. The standard InChI is InChI=1S/C14H18N2O5/c17-13(15-10-1-2-10)11-8-20-6-4-16(11)7-9-3-5-21-12(9)14(18)19/h3,5,10-11H,1-2,4,6-8H2,(H,15,17)(H,18,19). The largest absolute Gasteiger partial charge is 0.475 e. The second-order valence-electron chi connectivity index (χ2n) is 5.42. The third kappa shape index (κ3) is 3.25.